The average molecular weight is 250 g/mol. The molecular weight excluding hydrogens is 224 g/mol. The molecule has 18 heavy (non-hydrogen) atoms. The summed E-state index contributed by atoms with van der Waals surface area (Å²) in [6.45, 7) is 7.73. The highest BCUT2D eigenvalue weighted by atomic mass is 15.2. The Labute approximate surface area is 110 Å². The van der Waals surface area contributed by atoms with Gasteiger partial charge in [0, 0.05) is 31.5 Å². The molecule has 0 aliphatic carbocycles. The zero-order valence-corrected chi connectivity index (χ0v) is 11.9. The fourth-order valence-corrected chi connectivity index (χ4v) is 2.63. The summed E-state index contributed by atoms with van der Waals surface area (Å²) >= 11 is 0. The van der Waals surface area contributed by atoms with E-state index >= 15 is 0 Å². The minimum atomic E-state index is 0.650. The molecule has 0 saturated carbocycles. The van der Waals surface area contributed by atoms with Crippen molar-refractivity contribution in [3.63, 3.8) is 0 Å². The molecule has 0 aromatic carbocycles. The maximum atomic E-state index is 4.41. The summed E-state index contributed by atoms with van der Waals surface area (Å²) in [5.41, 5.74) is 0. The number of likely N-dealkylation sites (tertiary alicyclic amines) is 1. The number of hydrogen-bond donors (Lipinski definition) is 1. The van der Waals surface area contributed by atoms with E-state index in [1.165, 1.54) is 25.8 Å². The summed E-state index contributed by atoms with van der Waals surface area (Å²) in [4.78, 5) is 6.88. The van der Waals surface area contributed by atoms with Crippen molar-refractivity contribution >= 4 is 5.95 Å². The summed E-state index contributed by atoms with van der Waals surface area (Å²) in [5.74, 6) is 1.67. The van der Waals surface area contributed by atoms with Crippen LogP contribution < -0.4 is 5.32 Å². The maximum absolute atomic E-state index is 4.41. The van der Waals surface area contributed by atoms with Crippen LogP contribution in [0.5, 0.6) is 0 Å². The van der Waals surface area contributed by atoms with Crippen LogP contribution in [0.3, 0.4) is 0 Å². The third kappa shape index (κ3) is 3.48. The standard InChI is InChI=1S/C14H26N4/c1-12(2)11-18-9-7-15-14(18)16-10-13-6-4-5-8-17(13)3/h7,9,12-13H,4-6,8,10-11H2,1-3H3,(H,15,16). The molecule has 1 aromatic heterocycles. The first kappa shape index (κ1) is 13.4. The predicted octanol–water partition coefficient (Wildman–Crippen LogP) is 2.44. The van der Waals surface area contributed by atoms with Gasteiger partial charge in [-0.3, -0.25) is 0 Å². The van der Waals surface area contributed by atoms with Gasteiger partial charge in [-0.25, -0.2) is 4.98 Å². The number of imidazole rings is 1. The second-order valence-electron chi connectivity index (χ2n) is 5.81. The Morgan fingerprint density at radius 1 is 1.44 bits per heavy atom. The summed E-state index contributed by atoms with van der Waals surface area (Å²) in [6, 6.07) is 0.656. The van der Waals surface area contributed by atoms with E-state index in [9.17, 15) is 0 Å². The highest BCUT2D eigenvalue weighted by molar-refractivity contribution is 5.26. The van der Waals surface area contributed by atoms with Gasteiger partial charge in [0.05, 0.1) is 0 Å². The van der Waals surface area contributed by atoms with E-state index in [0.29, 0.717) is 12.0 Å². The minimum Gasteiger partial charge on any atom is -0.354 e. The quantitative estimate of drug-likeness (QED) is 0.871. The number of hydrogen-bond acceptors (Lipinski definition) is 3. The third-order valence-corrected chi connectivity index (χ3v) is 3.69. The van der Waals surface area contributed by atoms with Crippen molar-refractivity contribution in [2.45, 2.75) is 45.7 Å². The van der Waals surface area contributed by atoms with Gasteiger partial charge in [0.1, 0.15) is 0 Å². The Hall–Kier alpha value is -1.03. The number of nitrogens with one attached hydrogen (secondary N) is 1. The third-order valence-electron chi connectivity index (χ3n) is 3.69. The molecule has 1 unspecified atom stereocenters. The lowest BCUT2D eigenvalue weighted by atomic mass is 10.0. The molecule has 102 valence electrons. The lowest BCUT2D eigenvalue weighted by Crippen LogP contribution is -2.41. The molecule has 2 rings (SSSR count). The summed E-state index contributed by atoms with van der Waals surface area (Å²) in [7, 11) is 2.23. The van der Waals surface area contributed by atoms with Crippen molar-refractivity contribution in [3.05, 3.63) is 12.4 Å². The number of likely N-dealkylation sites (N-methyl/N-ethyl adjacent to an activating group) is 1. The van der Waals surface area contributed by atoms with Gasteiger partial charge in [0.15, 0.2) is 0 Å². The first-order valence-corrected chi connectivity index (χ1v) is 7.12. The monoisotopic (exact) mass is 250 g/mol. The fraction of sp³-hybridized carbons (Fsp3) is 0.786. The van der Waals surface area contributed by atoms with Gasteiger partial charge < -0.3 is 14.8 Å². The number of aromatic nitrogens is 2. The average Bonchev–Trinajstić information content (AvgIpc) is 2.75. The van der Waals surface area contributed by atoms with Gasteiger partial charge in [-0.1, -0.05) is 20.3 Å². The summed E-state index contributed by atoms with van der Waals surface area (Å²) in [5, 5.41) is 3.51. The molecule has 1 aliphatic heterocycles. The smallest absolute Gasteiger partial charge is 0.202 e. The summed E-state index contributed by atoms with van der Waals surface area (Å²) in [6.07, 6.45) is 7.95. The maximum Gasteiger partial charge on any atom is 0.202 e. The van der Waals surface area contributed by atoms with Crippen LogP contribution in [0.25, 0.3) is 0 Å². The van der Waals surface area contributed by atoms with Crippen LogP contribution >= 0.6 is 0 Å². The Balaban J connectivity index is 1.87. The summed E-state index contributed by atoms with van der Waals surface area (Å²) < 4.78 is 2.22. The SMILES string of the molecule is CC(C)Cn1ccnc1NCC1CCCCN1C. The molecule has 1 aliphatic rings. The zero-order valence-electron chi connectivity index (χ0n) is 11.9. The first-order chi connectivity index (χ1) is 8.66. The molecule has 4 heteroatoms. The van der Waals surface area contributed by atoms with E-state index in [0.717, 1.165) is 19.0 Å². The molecule has 0 radical (unpaired) electrons. The van der Waals surface area contributed by atoms with E-state index < -0.39 is 0 Å². The van der Waals surface area contributed by atoms with Crippen LogP contribution in [0, 0.1) is 5.92 Å². The van der Waals surface area contributed by atoms with Gasteiger partial charge in [0.25, 0.3) is 0 Å². The van der Waals surface area contributed by atoms with Crippen LogP contribution in [0.4, 0.5) is 5.95 Å². The Morgan fingerprint density at radius 2 is 2.28 bits per heavy atom. The Morgan fingerprint density at radius 3 is 3.00 bits per heavy atom. The van der Waals surface area contributed by atoms with Crippen molar-refractivity contribution in [3.8, 4) is 0 Å². The molecule has 2 heterocycles. The van der Waals surface area contributed by atoms with Crippen molar-refractivity contribution in [1.29, 1.82) is 0 Å². The molecule has 0 amide bonds. The highest BCUT2D eigenvalue weighted by Gasteiger charge is 2.18. The molecule has 1 N–H and O–H groups in total. The second-order valence-corrected chi connectivity index (χ2v) is 5.81. The first-order valence-electron chi connectivity index (χ1n) is 7.12. The van der Waals surface area contributed by atoms with Crippen molar-refractivity contribution in [1.82, 2.24) is 14.5 Å². The molecular formula is C14H26N4. The van der Waals surface area contributed by atoms with Crippen LogP contribution in [0.15, 0.2) is 12.4 Å². The largest absolute Gasteiger partial charge is 0.354 e. The minimum absolute atomic E-state index is 0.650. The van der Waals surface area contributed by atoms with Crippen molar-refractivity contribution < 1.29 is 0 Å². The molecule has 0 spiro atoms. The zero-order chi connectivity index (χ0) is 13.0. The van der Waals surface area contributed by atoms with Crippen molar-refractivity contribution in [2.24, 2.45) is 5.92 Å². The normalized spacial score (nSPS) is 21.4. The Kier molecular flexibility index (Phi) is 4.64. The number of anilines is 1. The van der Waals surface area contributed by atoms with Gasteiger partial charge in [-0.15, -0.1) is 0 Å². The van der Waals surface area contributed by atoms with Crippen molar-refractivity contribution in [2.75, 3.05) is 25.5 Å². The van der Waals surface area contributed by atoms with Crippen LogP contribution in [0.1, 0.15) is 33.1 Å². The molecule has 1 fully saturated rings. The van der Waals surface area contributed by atoms with E-state index in [-0.39, 0.29) is 0 Å². The lowest BCUT2D eigenvalue weighted by Gasteiger charge is -2.32. The van der Waals surface area contributed by atoms with Crippen LogP contribution in [0.2, 0.25) is 0 Å². The van der Waals surface area contributed by atoms with E-state index in [4.69, 9.17) is 0 Å². The lowest BCUT2D eigenvalue weighted by molar-refractivity contribution is 0.194. The highest BCUT2D eigenvalue weighted by Crippen LogP contribution is 2.16. The molecule has 1 aromatic rings. The Bertz CT molecular complexity index is 358. The number of piperidine rings is 1. The van der Waals surface area contributed by atoms with Crippen LogP contribution in [-0.4, -0.2) is 40.6 Å². The van der Waals surface area contributed by atoms with E-state index in [1.807, 2.05) is 6.20 Å². The fourth-order valence-electron chi connectivity index (χ4n) is 2.63. The van der Waals surface area contributed by atoms with Gasteiger partial charge >= 0.3 is 0 Å². The predicted molar refractivity (Wildman–Crippen MR) is 75.8 cm³/mol. The topological polar surface area (TPSA) is 33.1 Å². The van der Waals surface area contributed by atoms with Crippen LogP contribution in [-0.2, 0) is 6.54 Å². The van der Waals surface area contributed by atoms with Gasteiger partial charge in [-0.2, -0.15) is 0 Å². The molecule has 1 atom stereocenters. The molecule has 4 nitrogen and oxygen atoms in total. The van der Waals surface area contributed by atoms with Gasteiger partial charge in [-0.05, 0) is 32.4 Å². The van der Waals surface area contributed by atoms with E-state index in [1.54, 1.807) is 0 Å². The number of rotatable bonds is 5. The molecule has 1 saturated heterocycles. The van der Waals surface area contributed by atoms with E-state index in [2.05, 4.69) is 46.9 Å². The van der Waals surface area contributed by atoms with Gasteiger partial charge in [0.2, 0.25) is 5.95 Å². The second kappa shape index (κ2) is 6.23. The molecule has 0 bridgehead atoms. The number of nitrogens with zero attached hydrogens (tertiary/aromatic N) is 3.